The normalized spacial score (nSPS) is 18.2. The van der Waals surface area contributed by atoms with Crippen molar-refractivity contribution in [3.05, 3.63) is 40.9 Å². The van der Waals surface area contributed by atoms with Crippen molar-refractivity contribution < 1.29 is 9.53 Å². The number of hydrogen-bond acceptors (Lipinski definition) is 4. The first-order chi connectivity index (χ1) is 12.7. The Labute approximate surface area is 158 Å². The highest BCUT2D eigenvalue weighted by molar-refractivity contribution is 6.32. The Bertz CT molecular complexity index is 795. The highest BCUT2D eigenvalue weighted by atomic mass is 35.5. The number of halogens is 1. The van der Waals surface area contributed by atoms with Gasteiger partial charge in [-0.2, -0.15) is 0 Å². The van der Waals surface area contributed by atoms with Crippen LogP contribution in [0.5, 0.6) is 5.75 Å². The number of benzene rings is 1. The number of aromatic nitrogens is 3. The van der Waals surface area contributed by atoms with Crippen LogP contribution < -0.4 is 4.74 Å². The molecule has 4 rings (SSSR count). The maximum absolute atomic E-state index is 12.6. The summed E-state index contributed by atoms with van der Waals surface area (Å²) >= 11 is 6.16. The number of methoxy groups -OCH3 is 1. The summed E-state index contributed by atoms with van der Waals surface area (Å²) in [6.07, 6.45) is 6.57. The molecule has 26 heavy (non-hydrogen) atoms. The third kappa shape index (κ3) is 3.56. The lowest BCUT2D eigenvalue weighted by Gasteiger charge is -2.33. The summed E-state index contributed by atoms with van der Waals surface area (Å²) in [5, 5.41) is 8.93. The van der Waals surface area contributed by atoms with Crippen molar-refractivity contribution in [1.29, 1.82) is 0 Å². The molecule has 0 radical (unpaired) electrons. The highest BCUT2D eigenvalue weighted by Crippen LogP contribution is 2.40. The van der Waals surface area contributed by atoms with E-state index in [1.165, 1.54) is 12.8 Å². The average molecular weight is 375 g/mol. The standard InChI is InChI=1S/C19H23ClN4O2/c1-26-17-5-2-13(10-16(17)20)11-18(25)23-8-6-15(7-9-23)24-12-21-22-19(24)14-3-4-14/h2,5,10,12,14-15H,3-4,6-9,11H2,1H3. The molecule has 1 aliphatic heterocycles. The van der Waals surface area contributed by atoms with Crippen LogP contribution in [-0.4, -0.2) is 45.8 Å². The minimum Gasteiger partial charge on any atom is -0.495 e. The summed E-state index contributed by atoms with van der Waals surface area (Å²) in [6.45, 7) is 1.55. The maximum Gasteiger partial charge on any atom is 0.226 e. The first-order valence-electron chi connectivity index (χ1n) is 9.15. The van der Waals surface area contributed by atoms with Crippen LogP contribution in [-0.2, 0) is 11.2 Å². The number of carbonyl (C=O) groups excluding carboxylic acids is 1. The lowest BCUT2D eigenvalue weighted by Crippen LogP contribution is -2.40. The van der Waals surface area contributed by atoms with Gasteiger partial charge in [-0.05, 0) is 43.4 Å². The molecule has 0 N–H and O–H groups in total. The number of hydrogen-bond donors (Lipinski definition) is 0. The molecule has 2 aromatic rings. The number of amides is 1. The van der Waals surface area contributed by atoms with Crippen molar-refractivity contribution in [2.24, 2.45) is 0 Å². The lowest BCUT2D eigenvalue weighted by molar-refractivity contribution is -0.131. The molecule has 2 fully saturated rings. The topological polar surface area (TPSA) is 60.2 Å². The van der Waals surface area contributed by atoms with Gasteiger partial charge in [0.25, 0.3) is 0 Å². The molecule has 7 heteroatoms. The summed E-state index contributed by atoms with van der Waals surface area (Å²) in [5.41, 5.74) is 0.915. The average Bonchev–Trinajstić information content (AvgIpc) is 3.38. The molecule has 6 nitrogen and oxygen atoms in total. The van der Waals surface area contributed by atoms with Gasteiger partial charge in [0, 0.05) is 25.0 Å². The number of nitrogens with zero attached hydrogens (tertiary/aromatic N) is 4. The Morgan fingerprint density at radius 1 is 1.27 bits per heavy atom. The quantitative estimate of drug-likeness (QED) is 0.806. The number of ether oxygens (including phenoxy) is 1. The third-order valence-corrected chi connectivity index (χ3v) is 5.62. The Morgan fingerprint density at radius 2 is 2.04 bits per heavy atom. The van der Waals surface area contributed by atoms with E-state index in [2.05, 4.69) is 14.8 Å². The van der Waals surface area contributed by atoms with Crippen LogP contribution in [0.1, 0.15) is 49.0 Å². The Kier molecular flexibility index (Phi) is 4.85. The number of piperidine rings is 1. The van der Waals surface area contributed by atoms with E-state index in [9.17, 15) is 4.79 Å². The second-order valence-corrected chi connectivity index (χ2v) is 7.54. The zero-order chi connectivity index (χ0) is 18.1. The molecule has 0 atom stereocenters. The summed E-state index contributed by atoms with van der Waals surface area (Å²) in [5.74, 6) is 2.50. The first-order valence-corrected chi connectivity index (χ1v) is 9.53. The second-order valence-electron chi connectivity index (χ2n) is 7.13. The van der Waals surface area contributed by atoms with Crippen LogP contribution in [0.25, 0.3) is 0 Å². The predicted molar refractivity (Wildman–Crippen MR) is 98.6 cm³/mol. The van der Waals surface area contributed by atoms with Crippen molar-refractivity contribution in [2.75, 3.05) is 20.2 Å². The minimum absolute atomic E-state index is 0.149. The highest BCUT2D eigenvalue weighted by Gasteiger charge is 2.32. The molecule has 1 amide bonds. The van der Waals surface area contributed by atoms with Crippen LogP contribution in [0, 0.1) is 0 Å². The lowest BCUT2D eigenvalue weighted by atomic mass is 10.0. The third-order valence-electron chi connectivity index (χ3n) is 5.33. The Morgan fingerprint density at radius 3 is 2.69 bits per heavy atom. The van der Waals surface area contributed by atoms with E-state index >= 15 is 0 Å². The molecule has 1 saturated heterocycles. The fourth-order valence-corrected chi connectivity index (χ4v) is 3.95. The van der Waals surface area contributed by atoms with E-state index in [4.69, 9.17) is 16.3 Å². The monoisotopic (exact) mass is 374 g/mol. The fourth-order valence-electron chi connectivity index (χ4n) is 3.67. The van der Waals surface area contributed by atoms with Gasteiger partial charge in [-0.1, -0.05) is 17.7 Å². The zero-order valence-corrected chi connectivity index (χ0v) is 15.7. The van der Waals surface area contributed by atoms with Crippen LogP contribution in [0.2, 0.25) is 5.02 Å². The molecular formula is C19H23ClN4O2. The smallest absolute Gasteiger partial charge is 0.226 e. The summed E-state index contributed by atoms with van der Waals surface area (Å²) < 4.78 is 7.40. The molecule has 1 aliphatic carbocycles. The zero-order valence-electron chi connectivity index (χ0n) is 14.9. The molecule has 0 unspecified atom stereocenters. The molecule has 0 spiro atoms. The van der Waals surface area contributed by atoms with Gasteiger partial charge in [0.2, 0.25) is 5.91 Å². The van der Waals surface area contributed by atoms with Gasteiger partial charge in [0.05, 0.1) is 18.6 Å². The predicted octanol–water partition coefficient (Wildman–Crippen LogP) is 3.22. The maximum atomic E-state index is 12.6. The van der Waals surface area contributed by atoms with Gasteiger partial charge in [0.1, 0.15) is 17.9 Å². The Hall–Kier alpha value is -2.08. The van der Waals surface area contributed by atoms with Gasteiger partial charge in [-0.3, -0.25) is 4.79 Å². The van der Waals surface area contributed by atoms with Crippen molar-refractivity contribution in [3.63, 3.8) is 0 Å². The van der Waals surface area contributed by atoms with Gasteiger partial charge < -0.3 is 14.2 Å². The summed E-state index contributed by atoms with van der Waals surface area (Å²) in [7, 11) is 1.58. The van der Waals surface area contributed by atoms with Gasteiger partial charge in [-0.25, -0.2) is 0 Å². The molecule has 2 heterocycles. The van der Waals surface area contributed by atoms with Gasteiger partial charge in [-0.15, -0.1) is 10.2 Å². The largest absolute Gasteiger partial charge is 0.495 e. The van der Waals surface area contributed by atoms with Gasteiger partial charge >= 0.3 is 0 Å². The van der Waals surface area contributed by atoms with E-state index in [0.29, 0.717) is 29.2 Å². The van der Waals surface area contributed by atoms with E-state index in [-0.39, 0.29) is 5.91 Å². The summed E-state index contributed by atoms with van der Waals surface area (Å²) in [4.78, 5) is 14.6. The van der Waals surface area contributed by atoms with Crippen molar-refractivity contribution in [2.45, 2.75) is 44.1 Å². The molecular weight excluding hydrogens is 352 g/mol. The molecule has 2 aliphatic rings. The Balaban J connectivity index is 1.34. The van der Waals surface area contributed by atoms with Gasteiger partial charge in [0.15, 0.2) is 0 Å². The van der Waals surface area contributed by atoms with E-state index in [1.807, 2.05) is 29.4 Å². The molecule has 1 aromatic heterocycles. The number of rotatable bonds is 5. The molecule has 1 saturated carbocycles. The molecule has 138 valence electrons. The fraction of sp³-hybridized carbons (Fsp3) is 0.526. The van der Waals surface area contributed by atoms with Crippen LogP contribution in [0.15, 0.2) is 24.5 Å². The first kappa shape index (κ1) is 17.3. The molecule has 0 bridgehead atoms. The second kappa shape index (κ2) is 7.27. The van der Waals surface area contributed by atoms with Crippen molar-refractivity contribution in [3.8, 4) is 5.75 Å². The van der Waals surface area contributed by atoms with E-state index < -0.39 is 0 Å². The van der Waals surface area contributed by atoms with Crippen molar-refractivity contribution >= 4 is 17.5 Å². The van der Waals surface area contributed by atoms with Crippen LogP contribution in [0.4, 0.5) is 0 Å². The SMILES string of the molecule is COc1ccc(CC(=O)N2CCC(n3cnnc3C3CC3)CC2)cc1Cl. The minimum atomic E-state index is 0.149. The van der Waals surface area contributed by atoms with E-state index in [0.717, 1.165) is 37.3 Å². The number of likely N-dealkylation sites (tertiary alicyclic amines) is 1. The number of carbonyl (C=O) groups is 1. The van der Waals surface area contributed by atoms with Crippen LogP contribution >= 0.6 is 11.6 Å². The van der Waals surface area contributed by atoms with E-state index in [1.54, 1.807) is 7.11 Å². The van der Waals surface area contributed by atoms with Crippen LogP contribution in [0.3, 0.4) is 0 Å². The summed E-state index contributed by atoms with van der Waals surface area (Å²) in [6, 6.07) is 5.92. The molecule has 1 aromatic carbocycles. The van der Waals surface area contributed by atoms with Crippen molar-refractivity contribution in [1.82, 2.24) is 19.7 Å².